The van der Waals surface area contributed by atoms with Crippen LogP contribution in [0, 0.1) is 0 Å². The molecule has 0 aromatic carbocycles. The first-order chi connectivity index (χ1) is 9.99. The molecule has 0 fully saturated rings. The molecule has 0 bridgehead atoms. The lowest BCUT2D eigenvalue weighted by molar-refractivity contribution is -0.137. The van der Waals surface area contributed by atoms with E-state index >= 15 is 0 Å². The topological polar surface area (TPSA) is 42.7 Å². The SMILES string of the molecule is CCCNCc1cccc(Cn2cc(C(F)(F)F)cn2)n1. The van der Waals surface area contributed by atoms with Crippen molar-refractivity contribution >= 4 is 0 Å². The van der Waals surface area contributed by atoms with E-state index in [0.717, 1.165) is 31.1 Å². The van der Waals surface area contributed by atoms with Crippen molar-refractivity contribution in [3.8, 4) is 0 Å². The van der Waals surface area contributed by atoms with Gasteiger partial charge in [0.15, 0.2) is 0 Å². The number of alkyl halides is 3. The van der Waals surface area contributed by atoms with Gasteiger partial charge in [0.1, 0.15) is 0 Å². The van der Waals surface area contributed by atoms with Gasteiger partial charge >= 0.3 is 6.18 Å². The third-order valence-corrected chi connectivity index (χ3v) is 2.88. The van der Waals surface area contributed by atoms with Crippen molar-refractivity contribution in [1.82, 2.24) is 20.1 Å². The Morgan fingerprint density at radius 1 is 1.24 bits per heavy atom. The Hall–Kier alpha value is -1.89. The van der Waals surface area contributed by atoms with Crippen LogP contribution in [0.2, 0.25) is 0 Å². The number of pyridine rings is 1. The van der Waals surface area contributed by atoms with Gasteiger partial charge < -0.3 is 5.32 Å². The van der Waals surface area contributed by atoms with Gasteiger partial charge in [0.05, 0.1) is 29.7 Å². The maximum atomic E-state index is 12.5. The average Bonchev–Trinajstić information content (AvgIpc) is 2.88. The molecule has 0 aliphatic rings. The number of halogens is 3. The third kappa shape index (κ3) is 4.56. The first-order valence-corrected chi connectivity index (χ1v) is 6.74. The number of hydrogen-bond acceptors (Lipinski definition) is 3. The molecule has 2 rings (SSSR count). The average molecular weight is 298 g/mol. The summed E-state index contributed by atoms with van der Waals surface area (Å²) in [5.41, 5.74) is 0.801. The summed E-state index contributed by atoms with van der Waals surface area (Å²) in [4.78, 5) is 4.41. The molecule has 1 N–H and O–H groups in total. The lowest BCUT2D eigenvalue weighted by Crippen LogP contribution is -2.15. The van der Waals surface area contributed by atoms with Crippen LogP contribution in [-0.4, -0.2) is 21.3 Å². The zero-order chi connectivity index (χ0) is 15.3. The normalized spacial score (nSPS) is 11.8. The van der Waals surface area contributed by atoms with Crippen molar-refractivity contribution in [2.45, 2.75) is 32.6 Å². The van der Waals surface area contributed by atoms with Crippen LogP contribution in [0.25, 0.3) is 0 Å². The van der Waals surface area contributed by atoms with Gasteiger partial charge in [0.25, 0.3) is 0 Å². The molecule has 21 heavy (non-hydrogen) atoms. The van der Waals surface area contributed by atoms with Crippen molar-refractivity contribution in [3.05, 3.63) is 47.5 Å². The molecule has 0 aliphatic heterocycles. The van der Waals surface area contributed by atoms with E-state index in [1.165, 1.54) is 4.68 Å². The van der Waals surface area contributed by atoms with Gasteiger partial charge in [-0.3, -0.25) is 9.67 Å². The smallest absolute Gasteiger partial charge is 0.311 e. The van der Waals surface area contributed by atoms with Crippen LogP contribution in [-0.2, 0) is 19.3 Å². The Kier molecular flexibility index (Phi) is 4.95. The first-order valence-electron chi connectivity index (χ1n) is 6.74. The number of hydrogen-bond donors (Lipinski definition) is 1. The highest BCUT2D eigenvalue weighted by Gasteiger charge is 2.32. The molecule has 4 nitrogen and oxygen atoms in total. The summed E-state index contributed by atoms with van der Waals surface area (Å²) in [6, 6.07) is 5.51. The van der Waals surface area contributed by atoms with Crippen LogP contribution < -0.4 is 5.32 Å². The van der Waals surface area contributed by atoms with Crippen LogP contribution in [0.3, 0.4) is 0 Å². The fraction of sp³-hybridized carbons (Fsp3) is 0.429. The summed E-state index contributed by atoms with van der Waals surface area (Å²) in [5, 5.41) is 6.96. The Morgan fingerprint density at radius 3 is 2.67 bits per heavy atom. The molecule has 0 unspecified atom stereocenters. The second-order valence-corrected chi connectivity index (χ2v) is 4.72. The fourth-order valence-corrected chi connectivity index (χ4v) is 1.87. The highest BCUT2D eigenvalue weighted by atomic mass is 19.4. The molecule has 0 aliphatic carbocycles. The molecule has 2 heterocycles. The standard InChI is InChI=1S/C14H17F3N4/c1-2-6-18-8-12-4-3-5-13(20-12)10-21-9-11(7-19-21)14(15,16)17/h3-5,7,9,18H,2,6,8,10H2,1H3. The lowest BCUT2D eigenvalue weighted by atomic mass is 10.3. The van der Waals surface area contributed by atoms with Crippen LogP contribution >= 0.6 is 0 Å². The molecule has 0 atom stereocenters. The molecular formula is C14H17F3N4. The maximum Gasteiger partial charge on any atom is 0.419 e. The van der Waals surface area contributed by atoms with E-state index in [4.69, 9.17) is 0 Å². The van der Waals surface area contributed by atoms with Crippen molar-refractivity contribution in [1.29, 1.82) is 0 Å². The molecular weight excluding hydrogens is 281 g/mol. The number of rotatable bonds is 6. The predicted octanol–water partition coefficient (Wildman–Crippen LogP) is 2.84. The van der Waals surface area contributed by atoms with Gasteiger partial charge in [-0.05, 0) is 25.1 Å². The van der Waals surface area contributed by atoms with Crippen molar-refractivity contribution in [3.63, 3.8) is 0 Å². The van der Waals surface area contributed by atoms with E-state index < -0.39 is 11.7 Å². The molecule has 0 radical (unpaired) electrons. The Morgan fingerprint density at radius 2 is 2.00 bits per heavy atom. The minimum atomic E-state index is -4.36. The van der Waals surface area contributed by atoms with Crippen molar-refractivity contribution < 1.29 is 13.2 Å². The minimum Gasteiger partial charge on any atom is -0.311 e. The van der Waals surface area contributed by atoms with E-state index in [9.17, 15) is 13.2 Å². The van der Waals surface area contributed by atoms with E-state index in [-0.39, 0.29) is 6.54 Å². The van der Waals surface area contributed by atoms with E-state index in [0.29, 0.717) is 12.2 Å². The molecule has 0 spiro atoms. The largest absolute Gasteiger partial charge is 0.419 e. The highest BCUT2D eigenvalue weighted by Crippen LogP contribution is 2.28. The monoisotopic (exact) mass is 298 g/mol. The van der Waals surface area contributed by atoms with Gasteiger partial charge in [0.2, 0.25) is 0 Å². The number of nitrogens with one attached hydrogen (secondary N) is 1. The molecule has 7 heteroatoms. The van der Waals surface area contributed by atoms with E-state index in [1.807, 2.05) is 12.1 Å². The summed E-state index contributed by atoms with van der Waals surface area (Å²) < 4.78 is 38.7. The zero-order valence-electron chi connectivity index (χ0n) is 11.7. The summed E-state index contributed by atoms with van der Waals surface area (Å²) in [6.07, 6.45) is -1.51. The maximum absolute atomic E-state index is 12.5. The van der Waals surface area contributed by atoms with Crippen molar-refractivity contribution in [2.75, 3.05) is 6.54 Å². The van der Waals surface area contributed by atoms with Crippen molar-refractivity contribution in [2.24, 2.45) is 0 Å². The fourth-order valence-electron chi connectivity index (χ4n) is 1.87. The minimum absolute atomic E-state index is 0.220. The summed E-state index contributed by atoms with van der Waals surface area (Å²) in [5.74, 6) is 0. The summed E-state index contributed by atoms with van der Waals surface area (Å²) in [6.45, 7) is 3.85. The van der Waals surface area contributed by atoms with Crippen LogP contribution in [0.1, 0.15) is 30.3 Å². The highest BCUT2D eigenvalue weighted by molar-refractivity contribution is 5.13. The van der Waals surface area contributed by atoms with Crippen LogP contribution in [0.4, 0.5) is 13.2 Å². The van der Waals surface area contributed by atoms with Gasteiger partial charge in [0, 0.05) is 12.7 Å². The molecule has 0 saturated carbocycles. The third-order valence-electron chi connectivity index (χ3n) is 2.88. The van der Waals surface area contributed by atoms with Crippen LogP contribution in [0.5, 0.6) is 0 Å². The summed E-state index contributed by atoms with van der Waals surface area (Å²) in [7, 11) is 0. The van der Waals surface area contributed by atoms with Gasteiger partial charge in [-0.15, -0.1) is 0 Å². The van der Waals surface area contributed by atoms with Gasteiger partial charge in [-0.25, -0.2) is 0 Å². The van der Waals surface area contributed by atoms with E-state index in [2.05, 4.69) is 22.3 Å². The number of nitrogens with zero attached hydrogens (tertiary/aromatic N) is 3. The molecule has 114 valence electrons. The Bertz CT molecular complexity index is 578. The second kappa shape index (κ2) is 6.71. The Labute approximate surface area is 121 Å². The number of aromatic nitrogens is 3. The van der Waals surface area contributed by atoms with Crippen LogP contribution in [0.15, 0.2) is 30.6 Å². The molecule has 2 aromatic rings. The van der Waals surface area contributed by atoms with Gasteiger partial charge in [-0.2, -0.15) is 18.3 Å². The second-order valence-electron chi connectivity index (χ2n) is 4.72. The lowest BCUT2D eigenvalue weighted by Gasteiger charge is -2.06. The molecule has 0 amide bonds. The molecule has 2 aromatic heterocycles. The quantitative estimate of drug-likeness (QED) is 0.834. The van der Waals surface area contributed by atoms with Gasteiger partial charge in [-0.1, -0.05) is 13.0 Å². The van der Waals surface area contributed by atoms with E-state index in [1.54, 1.807) is 6.07 Å². The predicted molar refractivity (Wildman–Crippen MR) is 72.6 cm³/mol. The Balaban J connectivity index is 2.02. The zero-order valence-corrected chi connectivity index (χ0v) is 11.7. The summed E-state index contributed by atoms with van der Waals surface area (Å²) >= 11 is 0. The molecule has 0 saturated heterocycles. The first kappa shape index (κ1) is 15.5.